The summed E-state index contributed by atoms with van der Waals surface area (Å²) in [4.78, 5) is 0. The molecule has 0 heterocycles. The predicted molar refractivity (Wildman–Crippen MR) is 67.0 cm³/mol. The van der Waals surface area contributed by atoms with Crippen LogP contribution in [0.4, 0.5) is 13.2 Å². The molecule has 19 heavy (non-hydrogen) atoms. The van der Waals surface area contributed by atoms with Gasteiger partial charge in [-0.2, -0.15) is 0 Å². The quantitative estimate of drug-likeness (QED) is 0.599. The summed E-state index contributed by atoms with van der Waals surface area (Å²) >= 11 is 6.11. The van der Waals surface area contributed by atoms with E-state index in [9.17, 15) is 13.2 Å². The third-order valence-electron chi connectivity index (χ3n) is 2.70. The van der Waals surface area contributed by atoms with Gasteiger partial charge in [-0.25, -0.2) is 13.2 Å². The number of alkyl halides is 1. The van der Waals surface area contributed by atoms with Gasteiger partial charge in [-0.05, 0) is 23.8 Å². The zero-order valence-electron chi connectivity index (χ0n) is 9.96. The highest BCUT2D eigenvalue weighted by atomic mass is 35.5. The predicted octanol–water partition coefficient (Wildman–Crippen LogP) is 4.44. The molecule has 0 bridgehead atoms. The topological polar surface area (TPSA) is 9.23 Å². The molecule has 1 nitrogen and oxygen atoms in total. The van der Waals surface area contributed by atoms with Gasteiger partial charge in [0.15, 0.2) is 11.6 Å². The summed E-state index contributed by atoms with van der Waals surface area (Å²) in [5.74, 6) is -2.71. The van der Waals surface area contributed by atoms with Crippen LogP contribution in [0.5, 0.6) is 5.75 Å². The third-order valence-corrected chi connectivity index (χ3v) is 3.19. The normalized spacial score (nSPS) is 12.3. The average Bonchev–Trinajstić information content (AvgIpc) is 2.42. The molecule has 0 aliphatic heterocycles. The van der Waals surface area contributed by atoms with Crippen LogP contribution in [-0.2, 0) is 0 Å². The molecule has 0 aliphatic carbocycles. The number of methoxy groups -OCH3 is 1. The first-order valence-corrected chi connectivity index (χ1v) is 5.89. The molecule has 1 unspecified atom stereocenters. The van der Waals surface area contributed by atoms with Gasteiger partial charge in [-0.3, -0.25) is 0 Å². The summed E-state index contributed by atoms with van der Waals surface area (Å²) in [5.41, 5.74) is 0.416. The van der Waals surface area contributed by atoms with E-state index in [1.807, 2.05) is 0 Å². The minimum absolute atomic E-state index is 0.117. The summed E-state index contributed by atoms with van der Waals surface area (Å²) in [6, 6.07) is 7.90. The average molecular weight is 287 g/mol. The fourth-order valence-electron chi connectivity index (χ4n) is 1.71. The zero-order chi connectivity index (χ0) is 14.0. The number of benzene rings is 2. The van der Waals surface area contributed by atoms with E-state index in [-0.39, 0.29) is 5.56 Å². The summed E-state index contributed by atoms with van der Waals surface area (Å²) in [5, 5.41) is -0.926. The minimum Gasteiger partial charge on any atom is -0.497 e. The van der Waals surface area contributed by atoms with Gasteiger partial charge in [-0.1, -0.05) is 12.1 Å². The highest BCUT2D eigenvalue weighted by molar-refractivity contribution is 6.22. The lowest BCUT2D eigenvalue weighted by atomic mass is 10.0. The van der Waals surface area contributed by atoms with Crippen molar-refractivity contribution in [2.75, 3.05) is 7.11 Å². The van der Waals surface area contributed by atoms with Gasteiger partial charge in [-0.15, -0.1) is 11.6 Å². The molecule has 1 atom stereocenters. The van der Waals surface area contributed by atoms with E-state index in [4.69, 9.17) is 16.3 Å². The van der Waals surface area contributed by atoms with Gasteiger partial charge in [0.25, 0.3) is 0 Å². The van der Waals surface area contributed by atoms with Crippen LogP contribution in [0.15, 0.2) is 36.4 Å². The van der Waals surface area contributed by atoms with Crippen molar-refractivity contribution in [2.45, 2.75) is 5.38 Å². The molecule has 0 saturated heterocycles. The molecule has 0 saturated carbocycles. The van der Waals surface area contributed by atoms with Crippen molar-refractivity contribution >= 4 is 11.6 Å². The van der Waals surface area contributed by atoms with E-state index in [1.54, 1.807) is 24.3 Å². The molecular formula is C14H10ClF3O. The van der Waals surface area contributed by atoms with Crippen molar-refractivity contribution in [3.8, 4) is 5.75 Å². The van der Waals surface area contributed by atoms with Crippen molar-refractivity contribution in [3.63, 3.8) is 0 Å². The van der Waals surface area contributed by atoms with Crippen LogP contribution in [0.3, 0.4) is 0 Å². The van der Waals surface area contributed by atoms with E-state index >= 15 is 0 Å². The molecule has 0 N–H and O–H groups in total. The second-order valence-corrected chi connectivity index (χ2v) is 4.36. The van der Waals surface area contributed by atoms with Crippen molar-refractivity contribution in [3.05, 3.63) is 65.0 Å². The fraction of sp³-hybridized carbons (Fsp3) is 0.143. The van der Waals surface area contributed by atoms with Crippen LogP contribution in [-0.4, -0.2) is 7.11 Å². The van der Waals surface area contributed by atoms with Crippen LogP contribution in [0.2, 0.25) is 0 Å². The highest BCUT2D eigenvalue weighted by Gasteiger charge is 2.19. The summed E-state index contributed by atoms with van der Waals surface area (Å²) in [7, 11) is 1.49. The molecular weight excluding hydrogens is 277 g/mol. The number of hydrogen-bond acceptors (Lipinski definition) is 1. The van der Waals surface area contributed by atoms with E-state index < -0.39 is 22.8 Å². The maximum absolute atomic E-state index is 13.6. The Labute approximate surface area is 113 Å². The SMILES string of the molecule is COc1cccc(C(Cl)c2cc(F)c(F)cc2F)c1. The maximum atomic E-state index is 13.6. The zero-order valence-corrected chi connectivity index (χ0v) is 10.7. The highest BCUT2D eigenvalue weighted by Crippen LogP contribution is 2.33. The molecule has 0 aromatic heterocycles. The second-order valence-electron chi connectivity index (χ2n) is 3.93. The standard InChI is InChI=1S/C14H10ClF3O/c1-19-9-4-2-3-8(5-9)14(15)10-6-12(17)13(18)7-11(10)16/h2-7,14H,1H3. The third kappa shape index (κ3) is 2.84. The lowest BCUT2D eigenvalue weighted by Gasteiger charge is -2.13. The first kappa shape index (κ1) is 13.7. The smallest absolute Gasteiger partial charge is 0.161 e. The molecule has 0 radical (unpaired) electrons. The van der Waals surface area contributed by atoms with Crippen LogP contribution < -0.4 is 4.74 Å². The second kappa shape index (κ2) is 5.53. The molecule has 0 fully saturated rings. The van der Waals surface area contributed by atoms with E-state index in [1.165, 1.54) is 7.11 Å². The van der Waals surface area contributed by atoms with E-state index in [0.717, 1.165) is 6.07 Å². The lowest BCUT2D eigenvalue weighted by Crippen LogP contribution is -2.00. The van der Waals surface area contributed by atoms with Crippen LogP contribution in [0, 0.1) is 17.5 Å². The number of halogens is 4. The molecule has 5 heteroatoms. The fourth-order valence-corrected chi connectivity index (χ4v) is 2.01. The lowest BCUT2D eigenvalue weighted by molar-refractivity contribution is 0.414. The molecule has 0 amide bonds. The van der Waals surface area contributed by atoms with Crippen molar-refractivity contribution in [1.82, 2.24) is 0 Å². The molecule has 100 valence electrons. The Morgan fingerprint density at radius 2 is 1.68 bits per heavy atom. The van der Waals surface area contributed by atoms with Gasteiger partial charge >= 0.3 is 0 Å². The van der Waals surface area contributed by atoms with Gasteiger partial charge < -0.3 is 4.74 Å². The van der Waals surface area contributed by atoms with Gasteiger partial charge in [0, 0.05) is 11.6 Å². The van der Waals surface area contributed by atoms with Gasteiger partial charge in [0.2, 0.25) is 0 Å². The Morgan fingerprint density at radius 1 is 1.00 bits per heavy atom. The van der Waals surface area contributed by atoms with Crippen molar-refractivity contribution in [1.29, 1.82) is 0 Å². The van der Waals surface area contributed by atoms with Gasteiger partial charge in [0.1, 0.15) is 11.6 Å². The van der Waals surface area contributed by atoms with Gasteiger partial charge in [0.05, 0.1) is 12.5 Å². The molecule has 0 aliphatic rings. The Morgan fingerprint density at radius 3 is 2.37 bits per heavy atom. The Hall–Kier alpha value is -1.68. The first-order chi connectivity index (χ1) is 9.02. The Kier molecular flexibility index (Phi) is 4.00. The molecule has 2 aromatic rings. The summed E-state index contributed by atoms with van der Waals surface area (Å²) < 4.78 is 44.7. The van der Waals surface area contributed by atoms with Crippen LogP contribution in [0.1, 0.15) is 16.5 Å². The number of hydrogen-bond donors (Lipinski definition) is 0. The monoisotopic (exact) mass is 286 g/mol. The number of ether oxygens (including phenoxy) is 1. The summed E-state index contributed by atoms with van der Waals surface area (Å²) in [6.07, 6.45) is 0. The largest absolute Gasteiger partial charge is 0.497 e. The Bertz CT molecular complexity index is 601. The molecule has 2 rings (SSSR count). The number of rotatable bonds is 3. The van der Waals surface area contributed by atoms with Crippen LogP contribution in [0.25, 0.3) is 0 Å². The molecule has 2 aromatic carbocycles. The first-order valence-electron chi connectivity index (χ1n) is 5.45. The summed E-state index contributed by atoms with van der Waals surface area (Å²) in [6.45, 7) is 0. The van der Waals surface area contributed by atoms with E-state index in [0.29, 0.717) is 17.4 Å². The van der Waals surface area contributed by atoms with Crippen molar-refractivity contribution in [2.24, 2.45) is 0 Å². The minimum atomic E-state index is -1.24. The van der Waals surface area contributed by atoms with Crippen molar-refractivity contribution < 1.29 is 17.9 Å². The maximum Gasteiger partial charge on any atom is 0.161 e. The van der Waals surface area contributed by atoms with Crippen LogP contribution >= 0.6 is 11.6 Å². The molecule has 0 spiro atoms. The Balaban J connectivity index is 2.43. The van der Waals surface area contributed by atoms with E-state index in [2.05, 4.69) is 0 Å².